The molecule has 4 rings (SSSR count). The summed E-state index contributed by atoms with van der Waals surface area (Å²) in [5.41, 5.74) is 6.96. The highest BCUT2D eigenvalue weighted by molar-refractivity contribution is 9.10. The molecule has 2 aromatic carbocycles. The first kappa shape index (κ1) is 18.3. The molecule has 1 aliphatic carbocycles. The van der Waals surface area contributed by atoms with Gasteiger partial charge in [0.2, 0.25) is 0 Å². The summed E-state index contributed by atoms with van der Waals surface area (Å²) in [6, 6.07) is 10.2. The van der Waals surface area contributed by atoms with E-state index in [-0.39, 0.29) is 10.6 Å². The number of rotatable bonds is 4. The van der Waals surface area contributed by atoms with Gasteiger partial charge in [0, 0.05) is 33.5 Å². The first-order valence-electron chi connectivity index (χ1n) is 9.01. The number of thiazole rings is 1. The highest BCUT2D eigenvalue weighted by atomic mass is 79.9. The van der Waals surface area contributed by atoms with Crippen LogP contribution in [-0.2, 0) is 19.3 Å². The lowest BCUT2D eigenvalue weighted by molar-refractivity contribution is -0.385. The number of hydrogen-bond acceptors (Lipinski definition) is 4. The van der Waals surface area contributed by atoms with Crippen molar-refractivity contribution in [2.75, 3.05) is 0 Å². The van der Waals surface area contributed by atoms with Crippen molar-refractivity contribution in [3.63, 3.8) is 0 Å². The number of nitro groups is 1. The SMILES string of the molecule is Cc1cc(Cc2nc(-c3ccc4c(c3)CCCC4)cs2)c(Br)cc1[N+](=O)[O-]. The third-order valence-corrected chi connectivity index (χ3v) is 6.69. The summed E-state index contributed by atoms with van der Waals surface area (Å²) < 4.78 is 0.755. The summed E-state index contributed by atoms with van der Waals surface area (Å²) in [5.74, 6) is 0. The van der Waals surface area contributed by atoms with Crippen molar-refractivity contribution < 1.29 is 4.92 Å². The maximum Gasteiger partial charge on any atom is 0.273 e. The number of nitro benzene ring substituents is 1. The van der Waals surface area contributed by atoms with Gasteiger partial charge < -0.3 is 0 Å². The highest BCUT2D eigenvalue weighted by Crippen LogP contribution is 2.31. The van der Waals surface area contributed by atoms with Crippen LogP contribution in [0.5, 0.6) is 0 Å². The molecule has 6 heteroatoms. The number of hydrogen-bond donors (Lipinski definition) is 0. The molecule has 0 amide bonds. The van der Waals surface area contributed by atoms with E-state index in [4.69, 9.17) is 4.98 Å². The second-order valence-electron chi connectivity index (χ2n) is 6.98. The standard InChI is InChI=1S/C21H19BrN2O2S/c1-13-8-17(18(22)11-20(13)24(25)26)10-21-23-19(12-27-21)16-7-6-14-4-2-3-5-15(14)9-16/h6-9,11-12H,2-5,10H2,1H3. The molecular weight excluding hydrogens is 424 g/mol. The Morgan fingerprint density at radius 1 is 1.19 bits per heavy atom. The van der Waals surface area contributed by atoms with E-state index in [0.717, 1.165) is 27.2 Å². The van der Waals surface area contributed by atoms with E-state index in [1.54, 1.807) is 24.3 Å². The maximum atomic E-state index is 11.1. The first-order chi connectivity index (χ1) is 13.0. The van der Waals surface area contributed by atoms with Crippen LogP contribution in [0.3, 0.4) is 0 Å². The number of aryl methyl sites for hydroxylation is 3. The molecule has 0 spiro atoms. The van der Waals surface area contributed by atoms with E-state index in [9.17, 15) is 10.1 Å². The third-order valence-electron chi connectivity index (χ3n) is 5.10. The highest BCUT2D eigenvalue weighted by Gasteiger charge is 2.16. The van der Waals surface area contributed by atoms with Crippen molar-refractivity contribution in [2.45, 2.75) is 39.0 Å². The van der Waals surface area contributed by atoms with Gasteiger partial charge in [-0.05, 0) is 61.4 Å². The lowest BCUT2D eigenvalue weighted by Crippen LogP contribution is -2.02. The Balaban J connectivity index is 1.59. The molecule has 4 nitrogen and oxygen atoms in total. The van der Waals surface area contributed by atoms with Gasteiger partial charge in [0.05, 0.1) is 15.6 Å². The Kier molecular flexibility index (Phi) is 5.10. The molecule has 1 heterocycles. The third kappa shape index (κ3) is 3.82. The van der Waals surface area contributed by atoms with E-state index in [2.05, 4.69) is 39.5 Å². The fraction of sp³-hybridized carbons (Fsp3) is 0.286. The van der Waals surface area contributed by atoms with E-state index in [1.165, 1.54) is 36.0 Å². The van der Waals surface area contributed by atoms with Gasteiger partial charge in [-0.15, -0.1) is 11.3 Å². The molecule has 1 aromatic heterocycles. The zero-order valence-electron chi connectivity index (χ0n) is 15.0. The van der Waals surface area contributed by atoms with Gasteiger partial charge in [-0.25, -0.2) is 4.98 Å². The van der Waals surface area contributed by atoms with E-state index in [0.29, 0.717) is 12.0 Å². The van der Waals surface area contributed by atoms with E-state index in [1.807, 2.05) is 6.07 Å². The number of benzene rings is 2. The molecule has 3 aromatic rings. The summed E-state index contributed by atoms with van der Waals surface area (Å²) in [6.45, 7) is 1.77. The van der Waals surface area contributed by atoms with Crippen LogP contribution in [0.2, 0.25) is 0 Å². The minimum absolute atomic E-state index is 0.138. The van der Waals surface area contributed by atoms with E-state index < -0.39 is 0 Å². The maximum absolute atomic E-state index is 11.1. The first-order valence-corrected chi connectivity index (χ1v) is 10.7. The van der Waals surface area contributed by atoms with Gasteiger partial charge in [-0.2, -0.15) is 0 Å². The summed E-state index contributed by atoms with van der Waals surface area (Å²) in [6.07, 6.45) is 5.57. The normalized spacial score (nSPS) is 13.4. The smallest absolute Gasteiger partial charge is 0.258 e. The summed E-state index contributed by atoms with van der Waals surface area (Å²) in [7, 11) is 0. The summed E-state index contributed by atoms with van der Waals surface area (Å²) >= 11 is 5.11. The Bertz CT molecular complexity index is 1030. The zero-order valence-corrected chi connectivity index (χ0v) is 17.4. The predicted molar refractivity (Wildman–Crippen MR) is 113 cm³/mol. The lowest BCUT2D eigenvalue weighted by atomic mass is 9.90. The van der Waals surface area contributed by atoms with Crippen molar-refractivity contribution in [3.05, 3.63) is 77.6 Å². The van der Waals surface area contributed by atoms with Crippen LogP contribution in [0.4, 0.5) is 5.69 Å². The van der Waals surface area contributed by atoms with Crippen molar-refractivity contribution in [1.29, 1.82) is 0 Å². The second-order valence-corrected chi connectivity index (χ2v) is 8.78. The van der Waals surface area contributed by atoms with Crippen LogP contribution in [0.15, 0.2) is 40.2 Å². The molecule has 0 unspecified atom stereocenters. The average Bonchev–Trinajstić information content (AvgIpc) is 3.12. The topological polar surface area (TPSA) is 56.0 Å². The van der Waals surface area contributed by atoms with E-state index >= 15 is 0 Å². The van der Waals surface area contributed by atoms with Crippen molar-refractivity contribution in [2.24, 2.45) is 0 Å². The second kappa shape index (κ2) is 7.52. The minimum atomic E-state index is -0.346. The van der Waals surface area contributed by atoms with Gasteiger partial charge in [0.25, 0.3) is 5.69 Å². The number of nitrogens with zero attached hydrogens (tertiary/aromatic N) is 2. The van der Waals surface area contributed by atoms with Gasteiger partial charge >= 0.3 is 0 Å². The van der Waals surface area contributed by atoms with Gasteiger partial charge in [0.15, 0.2) is 0 Å². The van der Waals surface area contributed by atoms with Gasteiger partial charge in [-0.3, -0.25) is 10.1 Å². The molecule has 0 N–H and O–H groups in total. The number of fused-ring (bicyclic) bond motifs is 1. The fourth-order valence-corrected chi connectivity index (χ4v) is 4.94. The zero-order chi connectivity index (χ0) is 19.0. The molecule has 0 fully saturated rings. The molecule has 27 heavy (non-hydrogen) atoms. The van der Waals surface area contributed by atoms with Crippen LogP contribution in [0.25, 0.3) is 11.3 Å². The predicted octanol–water partition coefficient (Wildman–Crippen LogP) is 6.26. The van der Waals surface area contributed by atoms with Crippen molar-refractivity contribution in [3.8, 4) is 11.3 Å². The largest absolute Gasteiger partial charge is 0.273 e. The Morgan fingerprint density at radius 2 is 1.96 bits per heavy atom. The fourth-order valence-electron chi connectivity index (χ4n) is 3.64. The number of aromatic nitrogens is 1. The lowest BCUT2D eigenvalue weighted by Gasteiger charge is -2.16. The molecular formula is C21H19BrN2O2S. The van der Waals surface area contributed by atoms with Crippen LogP contribution >= 0.6 is 27.3 Å². The van der Waals surface area contributed by atoms with Crippen molar-refractivity contribution in [1.82, 2.24) is 4.98 Å². The van der Waals surface area contributed by atoms with Crippen LogP contribution in [0.1, 0.15) is 40.1 Å². The molecule has 1 aliphatic rings. The number of halogens is 1. The molecule has 0 saturated carbocycles. The molecule has 0 atom stereocenters. The molecule has 0 saturated heterocycles. The molecule has 0 bridgehead atoms. The minimum Gasteiger partial charge on any atom is -0.258 e. The molecule has 138 valence electrons. The average molecular weight is 443 g/mol. The molecule has 0 aliphatic heterocycles. The van der Waals surface area contributed by atoms with Crippen LogP contribution < -0.4 is 0 Å². The quantitative estimate of drug-likeness (QED) is 0.353. The van der Waals surface area contributed by atoms with Crippen LogP contribution in [0, 0.1) is 17.0 Å². The van der Waals surface area contributed by atoms with Gasteiger partial charge in [-0.1, -0.05) is 28.1 Å². The molecule has 0 radical (unpaired) electrons. The van der Waals surface area contributed by atoms with Crippen molar-refractivity contribution >= 4 is 33.0 Å². The Morgan fingerprint density at radius 3 is 2.74 bits per heavy atom. The van der Waals surface area contributed by atoms with Gasteiger partial charge in [0.1, 0.15) is 0 Å². The van der Waals surface area contributed by atoms with Crippen LogP contribution in [-0.4, -0.2) is 9.91 Å². The Hall–Kier alpha value is -2.05. The summed E-state index contributed by atoms with van der Waals surface area (Å²) in [4.78, 5) is 15.6. The Labute approximate surface area is 170 Å². The summed E-state index contributed by atoms with van der Waals surface area (Å²) in [5, 5.41) is 14.2. The monoisotopic (exact) mass is 442 g/mol.